The van der Waals surface area contributed by atoms with E-state index in [1.165, 1.54) is 0 Å². The van der Waals surface area contributed by atoms with Crippen LogP contribution in [0.15, 0.2) is 0 Å². The molecule has 0 saturated carbocycles. The van der Waals surface area contributed by atoms with Gasteiger partial charge in [-0.15, -0.1) is 0 Å². The Morgan fingerprint density at radius 2 is 2.00 bits per heavy atom. The Bertz CT molecular complexity index is 294. The molecule has 0 aromatic rings. The van der Waals surface area contributed by atoms with Crippen LogP contribution in [0.5, 0.6) is 0 Å². The number of nitrogens with one attached hydrogen (secondary N) is 1. The monoisotopic (exact) mass is 273 g/mol. The fraction of sp³-hybridized carbons (Fsp3) is 0.923. The van der Waals surface area contributed by atoms with Crippen molar-refractivity contribution in [2.75, 3.05) is 32.7 Å². The number of amides is 1. The van der Waals surface area contributed by atoms with E-state index in [4.69, 9.17) is 10.5 Å². The van der Waals surface area contributed by atoms with E-state index in [9.17, 15) is 9.90 Å². The minimum atomic E-state index is -0.742. The predicted octanol–water partition coefficient (Wildman–Crippen LogP) is 0.297. The molecule has 0 aliphatic carbocycles. The van der Waals surface area contributed by atoms with Crippen molar-refractivity contribution >= 4 is 6.09 Å². The van der Waals surface area contributed by atoms with Gasteiger partial charge in [-0.1, -0.05) is 0 Å². The van der Waals surface area contributed by atoms with Crippen molar-refractivity contribution in [3.63, 3.8) is 0 Å². The molecule has 6 heteroatoms. The van der Waals surface area contributed by atoms with Crippen LogP contribution >= 0.6 is 0 Å². The van der Waals surface area contributed by atoms with Crippen LogP contribution < -0.4 is 11.1 Å². The van der Waals surface area contributed by atoms with Gasteiger partial charge in [0.2, 0.25) is 0 Å². The molecule has 1 aliphatic heterocycles. The van der Waals surface area contributed by atoms with Crippen LogP contribution in [0.1, 0.15) is 33.6 Å². The molecule has 1 heterocycles. The van der Waals surface area contributed by atoms with E-state index in [0.29, 0.717) is 45.6 Å². The van der Waals surface area contributed by atoms with Crippen molar-refractivity contribution in [1.29, 1.82) is 0 Å². The first-order valence-corrected chi connectivity index (χ1v) is 6.87. The van der Waals surface area contributed by atoms with Crippen molar-refractivity contribution in [3.8, 4) is 0 Å². The van der Waals surface area contributed by atoms with Crippen LogP contribution in [0.3, 0.4) is 0 Å². The predicted molar refractivity (Wildman–Crippen MR) is 73.9 cm³/mol. The van der Waals surface area contributed by atoms with Crippen molar-refractivity contribution in [3.05, 3.63) is 0 Å². The van der Waals surface area contributed by atoms with Crippen LogP contribution in [0.25, 0.3) is 0 Å². The van der Waals surface area contributed by atoms with Crippen LogP contribution in [0, 0.1) is 0 Å². The Morgan fingerprint density at radius 3 is 2.47 bits per heavy atom. The maximum atomic E-state index is 11.9. The van der Waals surface area contributed by atoms with Gasteiger partial charge in [0.15, 0.2) is 0 Å². The average Bonchev–Trinajstić information content (AvgIpc) is 2.27. The zero-order valence-corrected chi connectivity index (χ0v) is 12.2. The molecule has 0 bridgehead atoms. The third-order valence-electron chi connectivity index (χ3n) is 3.12. The lowest BCUT2D eigenvalue weighted by atomic mass is 9.91. The van der Waals surface area contributed by atoms with E-state index in [1.54, 1.807) is 4.90 Å². The second kappa shape index (κ2) is 6.54. The molecule has 1 rings (SSSR count). The summed E-state index contributed by atoms with van der Waals surface area (Å²) in [7, 11) is 0. The smallest absolute Gasteiger partial charge is 0.410 e. The highest BCUT2D eigenvalue weighted by molar-refractivity contribution is 5.68. The third kappa shape index (κ3) is 5.76. The largest absolute Gasteiger partial charge is 0.444 e. The number of hydrogen-bond acceptors (Lipinski definition) is 5. The van der Waals surface area contributed by atoms with Crippen LogP contribution in [0.4, 0.5) is 4.79 Å². The summed E-state index contributed by atoms with van der Waals surface area (Å²) in [5.74, 6) is 0. The van der Waals surface area contributed by atoms with Crippen molar-refractivity contribution < 1.29 is 14.6 Å². The maximum absolute atomic E-state index is 11.9. The Morgan fingerprint density at radius 1 is 1.42 bits per heavy atom. The molecular weight excluding hydrogens is 246 g/mol. The number of aliphatic hydroxyl groups is 1. The standard InChI is InChI=1S/C13H27N3O3/c1-12(2,3)19-11(17)16-8-4-13(18,5-9-16)10-15-7-6-14/h15,18H,4-10,14H2,1-3H3. The first kappa shape index (κ1) is 16.2. The van der Waals surface area contributed by atoms with Gasteiger partial charge < -0.3 is 25.8 Å². The SMILES string of the molecule is CC(C)(C)OC(=O)N1CCC(O)(CNCCN)CC1. The Kier molecular flexibility index (Phi) is 5.58. The Balaban J connectivity index is 2.37. The van der Waals surface area contributed by atoms with Gasteiger partial charge in [0.1, 0.15) is 5.60 Å². The number of hydrogen-bond donors (Lipinski definition) is 3. The van der Waals surface area contributed by atoms with Crippen molar-refractivity contribution in [1.82, 2.24) is 10.2 Å². The summed E-state index contributed by atoms with van der Waals surface area (Å²) in [5.41, 5.74) is 4.17. The number of likely N-dealkylation sites (tertiary alicyclic amines) is 1. The molecule has 1 amide bonds. The number of nitrogens with two attached hydrogens (primary N) is 1. The Hall–Kier alpha value is -0.850. The third-order valence-corrected chi connectivity index (χ3v) is 3.12. The summed E-state index contributed by atoms with van der Waals surface area (Å²) in [6, 6.07) is 0. The molecule has 4 N–H and O–H groups in total. The number of piperidine rings is 1. The highest BCUT2D eigenvalue weighted by Gasteiger charge is 2.34. The van der Waals surface area contributed by atoms with Gasteiger partial charge in [0, 0.05) is 32.7 Å². The molecule has 112 valence electrons. The summed E-state index contributed by atoms with van der Waals surface area (Å²) < 4.78 is 5.32. The minimum absolute atomic E-state index is 0.301. The zero-order valence-electron chi connectivity index (χ0n) is 12.2. The average molecular weight is 273 g/mol. The molecule has 1 aliphatic rings. The summed E-state index contributed by atoms with van der Waals surface area (Å²) in [6.07, 6.45) is 0.817. The molecule has 0 unspecified atom stereocenters. The molecule has 1 fully saturated rings. The minimum Gasteiger partial charge on any atom is -0.444 e. The second-order valence-corrected chi connectivity index (χ2v) is 6.16. The normalized spacial score (nSPS) is 19.3. The molecule has 0 spiro atoms. The molecule has 0 aromatic carbocycles. The Labute approximate surface area is 115 Å². The van der Waals surface area contributed by atoms with Crippen LogP contribution in [-0.4, -0.2) is 60.0 Å². The van der Waals surface area contributed by atoms with E-state index >= 15 is 0 Å². The van der Waals surface area contributed by atoms with Crippen LogP contribution in [-0.2, 0) is 4.74 Å². The van der Waals surface area contributed by atoms with Crippen molar-refractivity contribution in [2.24, 2.45) is 5.73 Å². The van der Waals surface area contributed by atoms with E-state index in [0.717, 1.165) is 0 Å². The highest BCUT2D eigenvalue weighted by atomic mass is 16.6. The lowest BCUT2D eigenvalue weighted by molar-refractivity contribution is -0.0307. The number of rotatable bonds is 4. The lowest BCUT2D eigenvalue weighted by Crippen LogP contribution is -2.52. The molecule has 1 saturated heterocycles. The number of ether oxygens (including phenoxy) is 1. The van der Waals surface area contributed by atoms with Gasteiger partial charge in [-0.3, -0.25) is 0 Å². The zero-order chi connectivity index (χ0) is 14.5. The van der Waals surface area contributed by atoms with E-state index < -0.39 is 11.2 Å². The molecule has 0 aromatic heterocycles. The fourth-order valence-corrected chi connectivity index (χ4v) is 2.03. The molecule has 0 atom stereocenters. The van der Waals surface area contributed by atoms with E-state index in [1.807, 2.05) is 20.8 Å². The van der Waals surface area contributed by atoms with Gasteiger partial charge in [0.25, 0.3) is 0 Å². The van der Waals surface area contributed by atoms with Gasteiger partial charge in [-0.25, -0.2) is 4.79 Å². The summed E-state index contributed by atoms with van der Waals surface area (Å²) in [5, 5.41) is 13.5. The topological polar surface area (TPSA) is 87.8 Å². The molecular formula is C13H27N3O3. The van der Waals surface area contributed by atoms with E-state index in [2.05, 4.69) is 5.32 Å². The van der Waals surface area contributed by atoms with Gasteiger partial charge in [0.05, 0.1) is 5.60 Å². The first-order chi connectivity index (χ1) is 8.76. The van der Waals surface area contributed by atoms with Gasteiger partial charge in [-0.2, -0.15) is 0 Å². The summed E-state index contributed by atoms with van der Waals surface area (Å²) >= 11 is 0. The number of nitrogens with zero attached hydrogens (tertiary/aromatic N) is 1. The molecule has 0 radical (unpaired) electrons. The highest BCUT2D eigenvalue weighted by Crippen LogP contribution is 2.22. The van der Waals surface area contributed by atoms with Gasteiger partial charge >= 0.3 is 6.09 Å². The maximum Gasteiger partial charge on any atom is 0.410 e. The summed E-state index contributed by atoms with van der Waals surface area (Å²) in [6.45, 7) is 8.36. The first-order valence-electron chi connectivity index (χ1n) is 6.87. The molecule has 19 heavy (non-hydrogen) atoms. The van der Waals surface area contributed by atoms with Gasteiger partial charge in [-0.05, 0) is 33.6 Å². The molecule has 6 nitrogen and oxygen atoms in total. The number of carbonyl (C=O) groups excluding carboxylic acids is 1. The summed E-state index contributed by atoms with van der Waals surface area (Å²) in [4.78, 5) is 13.5. The lowest BCUT2D eigenvalue weighted by Gasteiger charge is -2.38. The number of carbonyl (C=O) groups is 1. The van der Waals surface area contributed by atoms with Crippen LogP contribution in [0.2, 0.25) is 0 Å². The van der Waals surface area contributed by atoms with E-state index in [-0.39, 0.29) is 6.09 Å². The van der Waals surface area contributed by atoms with Crippen molar-refractivity contribution in [2.45, 2.75) is 44.8 Å². The second-order valence-electron chi connectivity index (χ2n) is 6.16. The fourth-order valence-electron chi connectivity index (χ4n) is 2.03. The quantitative estimate of drug-likeness (QED) is 0.641.